The van der Waals surface area contributed by atoms with Crippen LogP contribution in [0.25, 0.3) is 11.4 Å². The van der Waals surface area contributed by atoms with Crippen molar-refractivity contribution in [1.29, 1.82) is 0 Å². The van der Waals surface area contributed by atoms with Crippen LogP contribution >= 0.6 is 0 Å². The van der Waals surface area contributed by atoms with E-state index in [1.165, 1.54) is 0 Å². The van der Waals surface area contributed by atoms with E-state index in [1.54, 1.807) is 18.2 Å². The molecule has 0 aliphatic rings. The Kier molecular flexibility index (Phi) is 4.35. The highest BCUT2D eigenvalue weighted by atomic mass is 16.3. The van der Waals surface area contributed by atoms with Gasteiger partial charge in [-0.2, -0.15) is 0 Å². The Morgan fingerprint density at radius 2 is 1.80 bits per heavy atom. The Hall–Kier alpha value is -1.94. The highest BCUT2D eigenvalue weighted by molar-refractivity contribution is 5.58. The third-order valence-electron chi connectivity index (χ3n) is 3.21. The first-order chi connectivity index (χ1) is 9.47. The average molecular weight is 271 g/mol. The fourth-order valence-electron chi connectivity index (χ4n) is 2.08. The number of benzene rings is 1. The molecule has 1 heterocycles. The van der Waals surface area contributed by atoms with Gasteiger partial charge in [0.1, 0.15) is 5.75 Å². The van der Waals surface area contributed by atoms with Crippen molar-refractivity contribution in [3.63, 3.8) is 0 Å². The maximum atomic E-state index is 9.55. The SMILES string of the molecule is Cc1nc(-c2cccc(O)c2)nc(C)c1CNC(C)C. The molecule has 0 atom stereocenters. The third-order valence-corrected chi connectivity index (χ3v) is 3.21. The number of phenols is 1. The molecule has 0 fully saturated rings. The van der Waals surface area contributed by atoms with Gasteiger partial charge in [0.05, 0.1) is 0 Å². The number of phenolic OH excluding ortho intramolecular Hbond substituents is 1. The molecule has 0 aliphatic heterocycles. The molecule has 1 aromatic heterocycles. The summed E-state index contributed by atoms with van der Waals surface area (Å²) in [7, 11) is 0. The topological polar surface area (TPSA) is 58.0 Å². The van der Waals surface area contributed by atoms with Crippen molar-refractivity contribution in [1.82, 2.24) is 15.3 Å². The Labute approximate surface area is 119 Å². The van der Waals surface area contributed by atoms with Crippen molar-refractivity contribution in [2.45, 2.75) is 40.3 Å². The zero-order valence-electron chi connectivity index (χ0n) is 12.4. The lowest BCUT2D eigenvalue weighted by Crippen LogP contribution is -2.23. The number of nitrogens with zero attached hydrogens (tertiary/aromatic N) is 2. The van der Waals surface area contributed by atoms with Gasteiger partial charge < -0.3 is 10.4 Å². The average Bonchev–Trinajstić information content (AvgIpc) is 2.37. The molecule has 0 bridgehead atoms. The van der Waals surface area contributed by atoms with Crippen LogP contribution in [0.15, 0.2) is 24.3 Å². The molecule has 4 heteroatoms. The zero-order chi connectivity index (χ0) is 14.7. The van der Waals surface area contributed by atoms with E-state index < -0.39 is 0 Å². The molecule has 0 aliphatic carbocycles. The van der Waals surface area contributed by atoms with E-state index in [-0.39, 0.29) is 5.75 Å². The second-order valence-electron chi connectivity index (χ2n) is 5.28. The van der Waals surface area contributed by atoms with Crippen molar-refractivity contribution in [2.75, 3.05) is 0 Å². The summed E-state index contributed by atoms with van der Waals surface area (Å²) in [6.45, 7) is 9.01. The first kappa shape index (κ1) is 14.5. The van der Waals surface area contributed by atoms with Crippen LogP contribution in [0.3, 0.4) is 0 Å². The van der Waals surface area contributed by atoms with Gasteiger partial charge in [-0.1, -0.05) is 26.0 Å². The van der Waals surface area contributed by atoms with E-state index >= 15 is 0 Å². The highest BCUT2D eigenvalue weighted by Crippen LogP contribution is 2.22. The van der Waals surface area contributed by atoms with Gasteiger partial charge in [-0.3, -0.25) is 0 Å². The minimum absolute atomic E-state index is 0.229. The van der Waals surface area contributed by atoms with Gasteiger partial charge in [0, 0.05) is 35.1 Å². The molecule has 106 valence electrons. The van der Waals surface area contributed by atoms with Crippen LogP contribution in [-0.2, 0) is 6.54 Å². The molecule has 0 spiro atoms. The van der Waals surface area contributed by atoms with Crippen molar-refractivity contribution in [2.24, 2.45) is 0 Å². The normalized spacial score (nSPS) is 11.1. The number of nitrogens with one attached hydrogen (secondary N) is 1. The highest BCUT2D eigenvalue weighted by Gasteiger charge is 2.10. The molecule has 2 aromatic rings. The van der Waals surface area contributed by atoms with Gasteiger partial charge in [-0.25, -0.2) is 9.97 Å². The summed E-state index contributed by atoms with van der Waals surface area (Å²) in [5.41, 5.74) is 3.93. The summed E-state index contributed by atoms with van der Waals surface area (Å²) in [5, 5.41) is 12.9. The molecule has 20 heavy (non-hydrogen) atoms. The number of hydrogen-bond acceptors (Lipinski definition) is 4. The van der Waals surface area contributed by atoms with Crippen LogP contribution in [-0.4, -0.2) is 21.1 Å². The molecule has 0 amide bonds. The minimum atomic E-state index is 0.229. The first-order valence-electron chi connectivity index (χ1n) is 6.84. The summed E-state index contributed by atoms with van der Waals surface area (Å²) >= 11 is 0. The van der Waals surface area contributed by atoms with Crippen molar-refractivity contribution < 1.29 is 5.11 Å². The third kappa shape index (κ3) is 3.33. The van der Waals surface area contributed by atoms with Gasteiger partial charge in [0.15, 0.2) is 5.82 Å². The maximum Gasteiger partial charge on any atom is 0.159 e. The predicted octanol–water partition coefficient (Wildman–Crippen LogP) is 2.96. The molecular formula is C16H21N3O. The van der Waals surface area contributed by atoms with Crippen LogP contribution in [0, 0.1) is 13.8 Å². The summed E-state index contributed by atoms with van der Waals surface area (Å²) < 4.78 is 0. The van der Waals surface area contributed by atoms with Gasteiger partial charge in [0.2, 0.25) is 0 Å². The minimum Gasteiger partial charge on any atom is -0.508 e. The summed E-state index contributed by atoms with van der Waals surface area (Å²) in [4.78, 5) is 9.12. The van der Waals surface area contributed by atoms with Gasteiger partial charge >= 0.3 is 0 Å². The molecule has 2 N–H and O–H groups in total. The largest absolute Gasteiger partial charge is 0.508 e. The van der Waals surface area contributed by atoms with Crippen LogP contribution in [0.4, 0.5) is 0 Å². The Balaban J connectivity index is 2.35. The summed E-state index contributed by atoms with van der Waals surface area (Å²) in [6.07, 6.45) is 0. The van der Waals surface area contributed by atoms with Crippen molar-refractivity contribution in [3.8, 4) is 17.1 Å². The fraction of sp³-hybridized carbons (Fsp3) is 0.375. The summed E-state index contributed by atoms with van der Waals surface area (Å²) in [5.74, 6) is 0.885. The number of aromatic nitrogens is 2. The predicted molar refractivity (Wildman–Crippen MR) is 80.6 cm³/mol. The van der Waals surface area contributed by atoms with Crippen LogP contribution in [0.1, 0.15) is 30.8 Å². The fourth-order valence-corrected chi connectivity index (χ4v) is 2.08. The smallest absolute Gasteiger partial charge is 0.159 e. The monoisotopic (exact) mass is 271 g/mol. The van der Waals surface area contributed by atoms with E-state index in [4.69, 9.17) is 0 Å². The lowest BCUT2D eigenvalue weighted by atomic mass is 10.1. The molecule has 4 nitrogen and oxygen atoms in total. The molecule has 0 saturated carbocycles. The molecule has 2 rings (SSSR count). The van der Waals surface area contributed by atoms with Crippen LogP contribution in [0.2, 0.25) is 0 Å². The van der Waals surface area contributed by atoms with E-state index in [9.17, 15) is 5.11 Å². The van der Waals surface area contributed by atoms with E-state index in [1.807, 2.05) is 19.9 Å². The van der Waals surface area contributed by atoms with E-state index in [0.29, 0.717) is 11.9 Å². The van der Waals surface area contributed by atoms with E-state index in [0.717, 1.165) is 29.1 Å². The lowest BCUT2D eigenvalue weighted by molar-refractivity contribution is 0.475. The second-order valence-corrected chi connectivity index (χ2v) is 5.28. The Bertz CT molecular complexity index is 585. The second kappa shape index (κ2) is 6.01. The van der Waals surface area contributed by atoms with Crippen molar-refractivity contribution >= 4 is 0 Å². The molecule has 0 unspecified atom stereocenters. The standard InChI is InChI=1S/C16H21N3O/c1-10(2)17-9-15-11(3)18-16(19-12(15)4)13-6-5-7-14(20)8-13/h5-8,10,17,20H,9H2,1-4H3. The maximum absolute atomic E-state index is 9.55. The molecule has 0 saturated heterocycles. The van der Waals surface area contributed by atoms with Crippen LogP contribution < -0.4 is 5.32 Å². The van der Waals surface area contributed by atoms with Crippen molar-refractivity contribution in [3.05, 3.63) is 41.2 Å². The molecule has 1 aromatic carbocycles. The number of rotatable bonds is 4. The van der Waals surface area contributed by atoms with Crippen LogP contribution in [0.5, 0.6) is 5.75 Å². The lowest BCUT2D eigenvalue weighted by Gasteiger charge is -2.13. The molecular weight excluding hydrogens is 250 g/mol. The number of aromatic hydroxyl groups is 1. The van der Waals surface area contributed by atoms with Gasteiger partial charge in [-0.05, 0) is 26.0 Å². The quantitative estimate of drug-likeness (QED) is 0.897. The number of aryl methyl sites for hydroxylation is 2. The van der Waals surface area contributed by atoms with Gasteiger partial charge in [-0.15, -0.1) is 0 Å². The summed E-state index contributed by atoms with van der Waals surface area (Å²) in [6, 6.07) is 7.46. The Morgan fingerprint density at radius 1 is 1.15 bits per heavy atom. The van der Waals surface area contributed by atoms with Gasteiger partial charge in [0.25, 0.3) is 0 Å². The first-order valence-corrected chi connectivity index (χ1v) is 6.84. The molecule has 0 radical (unpaired) electrons. The zero-order valence-corrected chi connectivity index (χ0v) is 12.4. The Morgan fingerprint density at radius 3 is 2.35 bits per heavy atom. The van der Waals surface area contributed by atoms with E-state index in [2.05, 4.69) is 29.1 Å². The number of hydrogen-bond donors (Lipinski definition) is 2.